The first-order valence-corrected chi connectivity index (χ1v) is 9.90. The van der Waals surface area contributed by atoms with Crippen molar-refractivity contribution in [3.05, 3.63) is 77.4 Å². The van der Waals surface area contributed by atoms with Crippen molar-refractivity contribution in [1.29, 1.82) is 0 Å². The maximum Gasteiger partial charge on any atom is 0.416 e. The van der Waals surface area contributed by atoms with Crippen molar-refractivity contribution in [2.75, 3.05) is 0 Å². The van der Waals surface area contributed by atoms with Gasteiger partial charge < -0.3 is 0 Å². The van der Waals surface area contributed by atoms with E-state index in [0.717, 1.165) is 23.3 Å². The number of halogens is 3. The van der Waals surface area contributed by atoms with Crippen LogP contribution in [0.15, 0.2) is 65.6 Å². The maximum absolute atomic E-state index is 12.6. The van der Waals surface area contributed by atoms with Gasteiger partial charge >= 0.3 is 6.18 Å². The van der Waals surface area contributed by atoms with Crippen LogP contribution < -0.4 is 4.72 Å². The molecule has 0 spiro atoms. The highest BCUT2D eigenvalue weighted by Gasteiger charge is 2.29. The highest BCUT2D eigenvalue weighted by molar-refractivity contribution is 7.89. The molecular formula is C20H22F3NO2S. The summed E-state index contributed by atoms with van der Waals surface area (Å²) in [4.78, 5) is 0.176. The number of hydrogen-bond donors (Lipinski definition) is 1. The van der Waals surface area contributed by atoms with Crippen LogP contribution in [0.5, 0.6) is 0 Å². The predicted molar refractivity (Wildman–Crippen MR) is 99.9 cm³/mol. The zero-order valence-electron chi connectivity index (χ0n) is 15.2. The van der Waals surface area contributed by atoms with Crippen LogP contribution in [-0.4, -0.2) is 14.5 Å². The molecule has 0 amide bonds. The molecule has 3 nitrogen and oxygen atoms in total. The maximum atomic E-state index is 12.6. The Morgan fingerprint density at radius 2 is 1.63 bits per heavy atom. The minimum Gasteiger partial charge on any atom is -0.207 e. The number of hydrogen-bond acceptors (Lipinski definition) is 2. The van der Waals surface area contributed by atoms with E-state index in [0.29, 0.717) is 18.4 Å². The fourth-order valence-electron chi connectivity index (χ4n) is 2.48. The lowest BCUT2D eigenvalue weighted by Crippen LogP contribution is -2.33. The van der Waals surface area contributed by atoms with Gasteiger partial charge in [0.15, 0.2) is 0 Å². The van der Waals surface area contributed by atoms with E-state index in [4.69, 9.17) is 0 Å². The van der Waals surface area contributed by atoms with Crippen LogP contribution >= 0.6 is 0 Å². The van der Waals surface area contributed by atoms with Gasteiger partial charge in [0, 0.05) is 6.04 Å². The first-order valence-electron chi connectivity index (χ1n) is 8.42. The smallest absolute Gasteiger partial charge is 0.207 e. The van der Waals surface area contributed by atoms with E-state index in [9.17, 15) is 21.6 Å². The highest BCUT2D eigenvalue weighted by Crippen LogP contribution is 2.29. The van der Waals surface area contributed by atoms with Crippen molar-refractivity contribution in [2.24, 2.45) is 0 Å². The van der Waals surface area contributed by atoms with E-state index in [2.05, 4.69) is 11.3 Å². The van der Waals surface area contributed by atoms with Crippen molar-refractivity contribution in [1.82, 2.24) is 4.72 Å². The molecule has 0 heterocycles. The molecule has 146 valence electrons. The zero-order valence-corrected chi connectivity index (χ0v) is 16.0. The summed E-state index contributed by atoms with van der Waals surface area (Å²) < 4.78 is 65.1. The minimum atomic E-state index is -4.36. The molecule has 0 saturated heterocycles. The van der Waals surface area contributed by atoms with Gasteiger partial charge in [-0.15, -0.1) is 0 Å². The number of sulfonamides is 1. The quantitative estimate of drug-likeness (QED) is 0.678. The Morgan fingerprint density at radius 3 is 2.15 bits per heavy atom. The lowest BCUT2D eigenvalue weighted by Gasteiger charge is -2.17. The Hall–Kier alpha value is -2.12. The minimum absolute atomic E-state index is 0.176. The Morgan fingerprint density at radius 1 is 1.07 bits per heavy atom. The lowest BCUT2D eigenvalue weighted by molar-refractivity contribution is -0.137. The number of nitrogens with one attached hydrogen (secondary N) is 1. The molecule has 7 heteroatoms. The molecule has 1 N–H and O–H groups in total. The Labute approximate surface area is 158 Å². The first-order chi connectivity index (χ1) is 12.5. The molecule has 0 aliphatic heterocycles. The zero-order chi connectivity index (χ0) is 20.2. The van der Waals surface area contributed by atoms with Crippen LogP contribution in [-0.2, 0) is 22.6 Å². The van der Waals surface area contributed by atoms with Gasteiger partial charge in [0.25, 0.3) is 0 Å². The van der Waals surface area contributed by atoms with Crippen LogP contribution in [0.3, 0.4) is 0 Å². The summed E-state index contributed by atoms with van der Waals surface area (Å²) in [6.45, 7) is 7.48. The van der Waals surface area contributed by atoms with Crippen molar-refractivity contribution < 1.29 is 21.6 Å². The normalized spacial score (nSPS) is 13.4. The summed E-state index contributed by atoms with van der Waals surface area (Å²) in [5, 5.41) is 0. The second kappa shape index (κ2) is 8.27. The van der Waals surface area contributed by atoms with Crippen LogP contribution in [0.4, 0.5) is 13.2 Å². The Kier molecular flexibility index (Phi) is 6.49. The summed E-state index contributed by atoms with van der Waals surface area (Å²) in [6, 6.07) is 11.0. The van der Waals surface area contributed by atoms with Crippen LogP contribution in [0.1, 0.15) is 30.0 Å². The average Bonchev–Trinajstić information content (AvgIpc) is 2.59. The van der Waals surface area contributed by atoms with E-state index in [1.54, 1.807) is 19.1 Å². The molecular weight excluding hydrogens is 375 g/mol. The van der Waals surface area contributed by atoms with Gasteiger partial charge in [-0.1, -0.05) is 42.0 Å². The molecule has 0 saturated carbocycles. The molecule has 2 aromatic carbocycles. The Bertz CT molecular complexity index is 886. The number of alkyl halides is 3. The van der Waals surface area contributed by atoms with Gasteiger partial charge in [-0.25, -0.2) is 13.1 Å². The molecule has 2 rings (SSSR count). The van der Waals surface area contributed by atoms with Crippen molar-refractivity contribution in [3.8, 4) is 0 Å². The lowest BCUT2D eigenvalue weighted by atomic mass is 10.0. The van der Waals surface area contributed by atoms with E-state index in [1.807, 2.05) is 6.92 Å². The van der Waals surface area contributed by atoms with Gasteiger partial charge in [0.05, 0.1) is 10.5 Å². The second-order valence-corrected chi connectivity index (χ2v) is 8.22. The van der Waals surface area contributed by atoms with E-state index in [-0.39, 0.29) is 4.90 Å². The second-order valence-electron chi connectivity index (χ2n) is 6.51. The van der Waals surface area contributed by atoms with Crippen LogP contribution in [0, 0.1) is 6.92 Å². The van der Waals surface area contributed by atoms with Crippen molar-refractivity contribution in [3.63, 3.8) is 0 Å². The first kappa shape index (κ1) is 21.2. The third-order valence-corrected chi connectivity index (χ3v) is 5.85. The van der Waals surface area contributed by atoms with E-state index < -0.39 is 27.8 Å². The number of rotatable bonds is 7. The predicted octanol–water partition coefficient (Wildman–Crippen LogP) is 4.87. The Balaban J connectivity index is 1.94. The summed E-state index contributed by atoms with van der Waals surface area (Å²) in [5.41, 5.74) is 1.66. The van der Waals surface area contributed by atoms with Gasteiger partial charge in [0.2, 0.25) is 10.0 Å². The fourth-order valence-corrected chi connectivity index (χ4v) is 3.75. The van der Waals surface area contributed by atoms with Crippen LogP contribution in [0.2, 0.25) is 0 Å². The van der Waals surface area contributed by atoms with Gasteiger partial charge in [-0.2, -0.15) is 13.2 Å². The van der Waals surface area contributed by atoms with Crippen molar-refractivity contribution in [2.45, 2.75) is 43.8 Å². The summed E-state index contributed by atoms with van der Waals surface area (Å²) in [5.74, 6) is 0. The number of benzene rings is 2. The topological polar surface area (TPSA) is 46.2 Å². The fraction of sp³-hybridized carbons (Fsp3) is 0.300. The van der Waals surface area contributed by atoms with Gasteiger partial charge in [0.1, 0.15) is 0 Å². The van der Waals surface area contributed by atoms with Crippen molar-refractivity contribution >= 4 is 10.0 Å². The van der Waals surface area contributed by atoms with E-state index in [1.165, 1.54) is 24.3 Å². The molecule has 1 unspecified atom stereocenters. The monoisotopic (exact) mass is 397 g/mol. The molecule has 0 fully saturated rings. The molecule has 0 aliphatic rings. The molecule has 2 aromatic rings. The third kappa shape index (κ3) is 5.94. The molecule has 0 aliphatic carbocycles. The molecule has 1 atom stereocenters. The van der Waals surface area contributed by atoms with Gasteiger partial charge in [-0.05, 0) is 56.5 Å². The molecule has 0 aromatic heterocycles. The highest BCUT2D eigenvalue weighted by atomic mass is 32.2. The summed E-state index contributed by atoms with van der Waals surface area (Å²) >= 11 is 0. The third-order valence-electron chi connectivity index (χ3n) is 4.29. The molecule has 0 radical (unpaired) electrons. The van der Waals surface area contributed by atoms with E-state index >= 15 is 0 Å². The van der Waals surface area contributed by atoms with Gasteiger partial charge in [-0.3, -0.25) is 0 Å². The SMILES string of the molecule is C=C(CCc1ccc(C(F)(F)F)cc1)C(C)NS(=O)(=O)c1ccc(C)cc1. The largest absolute Gasteiger partial charge is 0.416 e. The number of aryl methyl sites for hydroxylation is 2. The van der Waals surface area contributed by atoms with Crippen LogP contribution in [0.25, 0.3) is 0 Å². The molecule has 27 heavy (non-hydrogen) atoms. The summed E-state index contributed by atoms with van der Waals surface area (Å²) in [7, 11) is -3.66. The average molecular weight is 397 g/mol. The summed E-state index contributed by atoms with van der Waals surface area (Å²) in [6.07, 6.45) is -3.42. The molecule has 0 bridgehead atoms. The standard InChI is InChI=1S/C20H22F3NO2S/c1-14-4-12-19(13-5-14)27(25,26)24-16(3)15(2)6-7-17-8-10-18(11-9-17)20(21,22)23/h4-5,8-13,16,24H,2,6-7H2,1,3H3.